The van der Waals surface area contributed by atoms with Gasteiger partial charge in [0.2, 0.25) is 5.91 Å². The van der Waals surface area contributed by atoms with Crippen LogP contribution in [0.4, 0.5) is 0 Å². The quantitative estimate of drug-likeness (QED) is 0.740. The largest absolute Gasteiger partial charge is 0.481 e. The lowest BCUT2D eigenvalue weighted by atomic mass is 10.1. The summed E-state index contributed by atoms with van der Waals surface area (Å²) < 4.78 is 0. The van der Waals surface area contributed by atoms with Gasteiger partial charge in [-0.1, -0.05) is 13.8 Å². The van der Waals surface area contributed by atoms with Crippen molar-refractivity contribution in [2.75, 3.05) is 13.1 Å². The summed E-state index contributed by atoms with van der Waals surface area (Å²) in [6, 6.07) is 0. The molecule has 1 heterocycles. The summed E-state index contributed by atoms with van der Waals surface area (Å²) >= 11 is 0. The van der Waals surface area contributed by atoms with Crippen LogP contribution >= 0.6 is 0 Å². The molecule has 0 aromatic rings. The number of likely N-dealkylation sites (tertiary alicyclic amines) is 1. The summed E-state index contributed by atoms with van der Waals surface area (Å²) in [6.07, 6.45) is 2.10. The van der Waals surface area contributed by atoms with E-state index in [-0.39, 0.29) is 17.2 Å². The van der Waals surface area contributed by atoms with Crippen LogP contribution < -0.4 is 0 Å². The van der Waals surface area contributed by atoms with E-state index in [1.54, 1.807) is 0 Å². The van der Waals surface area contributed by atoms with Crippen LogP contribution in [0, 0.1) is 17.3 Å². The molecule has 84 valence electrons. The lowest BCUT2D eigenvalue weighted by Gasteiger charge is -2.15. The summed E-state index contributed by atoms with van der Waals surface area (Å²) in [4.78, 5) is 24.8. The van der Waals surface area contributed by atoms with Crippen molar-refractivity contribution in [2.45, 2.75) is 26.7 Å². The molecular formula is C11H17NO3. The molecule has 15 heavy (non-hydrogen) atoms. The molecule has 0 aromatic heterocycles. The molecule has 0 radical (unpaired) electrons. The van der Waals surface area contributed by atoms with Crippen molar-refractivity contribution in [1.82, 2.24) is 4.90 Å². The molecule has 1 saturated carbocycles. The lowest BCUT2D eigenvalue weighted by Crippen LogP contribution is -2.30. The highest BCUT2D eigenvalue weighted by Crippen LogP contribution is 2.59. The minimum Gasteiger partial charge on any atom is -0.481 e. The van der Waals surface area contributed by atoms with Crippen LogP contribution in [0.25, 0.3) is 0 Å². The number of carboxylic acid groups (broad SMARTS) is 1. The Hall–Kier alpha value is -1.06. The molecule has 0 spiro atoms. The molecule has 2 rings (SSSR count). The Labute approximate surface area is 89.3 Å². The van der Waals surface area contributed by atoms with Gasteiger partial charge in [0.05, 0.1) is 11.8 Å². The van der Waals surface area contributed by atoms with E-state index in [1.807, 2.05) is 18.7 Å². The van der Waals surface area contributed by atoms with E-state index < -0.39 is 11.9 Å². The molecule has 2 fully saturated rings. The highest BCUT2D eigenvalue weighted by Gasteiger charge is 2.66. The fourth-order valence-corrected chi connectivity index (χ4v) is 2.69. The molecule has 1 saturated heterocycles. The van der Waals surface area contributed by atoms with Crippen molar-refractivity contribution in [2.24, 2.45) is 17.3 Å². The maximum atomic E-state index is 12.0. The van der Waals surface area contributed by atoms with E-state index in [2.05, 4.69) is 0 Å². The van der Waals surface area contributed by atoms with Crippen molar-refractivity contribution >= 4 is 11.9 Å². The summed E-state index contributed by atoms with van der Waals surface area (Å²) in [5, 5.41) is 8.98. The molecule has 1 N–H and O–H groups in total. The summed E-state index contributed by atoms with van der Waals surface area (Å²) in [5.41, 5.74) is -0.356. The molecule has 1 amide bonds. The first-order valence-corrected chi connectivity index (χ1v) is 5.48. The average molecular weight is 211 g/mol. The van der Waals surface area contributed by atoms with Crippen molar-refractivity contribution in [3.8, 4) is 0 Å². The summed E-state index contributed by atoms with van der Waals surface area (Å²) in [7, 11) is 0. The Kier molecular flexibility index (Phi) is 2.24. The van der Waals surface area contributed by atoms with Crippen LogP contribution in [0.2, 0.25) is 0 Å². The molecule has 4 nitrogen and oxygen atoms in total. The first-order valence-electron chi connectivity index (χ1n) is 5.48. The number of carboxylic acids is 1. The topological polar surface area (TPSA) is 57.6 Å². The third kappa shape index (κ3) is 1.52. The molecule has 0 unspecified atom stereocenters. The van der Waals surface area contributed by atoms with E-state index in [4.69, 9.17) is 5.11 Å². The fourth-order valence-electron chi connectivity index (χ4n) is 2.69. The maximum absolute atomic E-state index is 12.0. The number of carbonyl (C=O) groups excluding carboxylic acids is 1. The van der Waals surface area contributed by atoms with Gasteiger partial charge in [0, 0.05) is 13.1 Å². The Morgan fingerprint density at radius 1 is 1.20 bits per heavy atom. The van der Waals surface area contributed by atoms with E-state index in [0.29, 0.717) is 0 Å². The lowest BCUT2D eigenvalue weighted by molar-refractivity contribution is -0.141. The second kappa shape index (κ2) is 3.22. The van der Waals surface area contributed by atoms with Gasteiger partial charge < -0.3 is 10.0 Å². The van der Waals surface area contributed by atoms with Crippen LogP contribution in [0.15, 0.2) is 0 Å². The predicted octanol–water partition coefficient (Wildman–Crippen LogP) is 0.966. The normalized spacial score (nSPS) is 32.8. The first-order chi connectivity index (χ1) is 6.96. The number of carbonyl (C=O) groups is 2. The van der Waals surface area contributed by atoms with Gasteiger partial charge in [-0.2, -0.15) is 0 Å². The Balaban J connectivity index is 2.06. The van der Waals surface area contributed by atoms with E-state index in [1.165, 1.54) is 0 Å². The van der Waals surface area contributed by atoms with Crippen molar-refractivity contribution < 1.29 is 14.7 Å². The molecule has 1 aliphatic carbocycles. The zero-order valence-corrected chi connectivity index (χ0v) is 9.19. The molecule has 2 atom stereocenters. The van der Waals surface area contributed by atoms with Crippen LogP contribution in [-0.2, 0) is 9.59 Å². The number of nitrogens with zero attached hydrogens (tertiary/aromatic N) is 1. The highest BCUT2D eigenvalue weighted by molar-refractivity contribution is 5.91. The Bertz CT molecular complexity index is 305. The van der Waals surface area contributed by atoms with E-state index >= 15 is 0 Å². The van der Waals surface area contributed by atoms with E-state index in [0.717, 1.165) is 25.9 Å². The van der Waals surface area contributed by atoms with Crippen molar-refractivity contribution in [3.63, 3.8) is 0 Å². The summed E-state index contributed by atoms with van der Waals surface area (Å²) in [5.74, 6) is -1.57. The van der Waals surface area contributed by atoms with Gasteiger partial charge in [-0.3, -0.25) is 9.59 Å². The first kappa shape index (κ1) is 10.5. The maximum Gasteiger partial charge on any atom is 0.307 e. The fraction of sp³-hybridized carbons (Fsp3) is 0.818. The highest BCUT2D eigenvalue weighted by atomic mass is 16.4. The predicted molar refractivity (Wildman–Crippen MR) is 54.2 cm³/mol. The molecular weight excluding hydrogens is 194 g/mol. The minimum atomic E-state index is -0.836. The second-order valence-electron chi connectivity index (χ2n) is 5.15. The molecule has 4 heteroatoms. The monoisotopic (exact) mass is 211 g/mol. The average Bonchev–Trinajstić information content (AvgIpc) is 2.57. The molecule has 0 aromatic carbocycles. The second-order valence-corrected chi connectivity index (χ2v) is 5.15. The number of rotatable bonds is 2. The third-order valence-corrected chi connectivity index (χ3v) is 3.78. The van der Waals surface area contributed by atoms with Crippen LogP contribution in [0.5, 0.6) is 0 Å². The van der Waals surface area contributed by atoms with Gasteiger partial charge in [-0.05, 0) is 18.3 Å². The number of hydrogen-bond acceptors (Lipinski definition) is 2. The van der Waals surface area contributed by atoms with Gasteiger partial charge in [-0.15, -0.1) is 0 Å². The Morgan fingerprint density at radius 3 is 2.13 bits per heavy atom. The molecule has 1 aliphatic heterocycles. The van der Waals surface area contributed by atoms with E-state index in [9.17, 15) is 9.59 Å². The number of hydrogen-bond donors (Lipinski definition) is 1. The van der Waals surface area contributed by atoms with Gasteiger partial charge in [-0.25, -0.2) is 0 Å². The molecule has 2 aliphatic rings. The van der Waals surface area contributed by atoms with Gasteiger partial charge in [0.1, 0.15) is 0 Å². The van der Waals surface area contributed by atoms with Gasteiger partial charge in [0.25, 0.3) is 0 Å². The van der Waals surface area contributed by atoms with Crippen LogP contribution in [-0.4, -0.2) is 35.0 Å². The third-order valence-electron chi connectivity index (χ3n) is 3.78. The minimum absolute atomic E-state index is 0.0462. The zero-order valence-electron chi connectivity index (χ0n) is 9.19. The SMILES string of the molecule is CC1(C)[C@H](C(=O)O)[C@H]1C(=O)N1CCCC1. The van der Waals surface area contributed by atoms with Crippen molar-refractivity contribution in [3.05, 3.63) is 0 Å². The summed E-state index contributed by atoms with van der Waals surface area (Å²) in [6.45, 7) is 5.34. The zero-order chi connectivity index (χ0) is 11.2. The molecule has 0 bridgehead atoms. The van der Waals surface area contributed by atoms with Gasteiger partial charge in [0.15, 0.2) is 0 Å². The van der Waals surface area contributed by atoms with Crippen molar-refractivity contribution in [1.29, 1.82) is 0 Å². The number of aliphatic carboxylic acids is 1. The Morgan fingerprint density at radius 2 is 1.73 bits per heavy atom. The smallest absolute Gasteiger partial charge is 0.307 e. The van der Waals surface area contributed by atoms with Crippen LogP contribution in [0.1, 0.15) is 26.7 Å². The number of amides is 1. The van der Waals surface area contributed by atoms with Gasteiger partial charge >= 0.3 is 5.97 Å². The van der Waals surface area contributed by atoms with Crippen LogP contribution in [0.3, 0.4) is 0 Å². The standard InChI is InChI=1S/C11H17NO3/c1-11(2)7(8(11)10(14)15)9(13)12-5-3-4-6-12/h7-8H,3-6H2,1-2H3,(H,14,15)/t7-,8-/m0/s1.